The summed E-state index contributed by atoms with van der Waals surface area (Å²) in [6.45, 7) is 10.5. The molecule has 0 saturated carbocycles. The highest BCUT2D eigenvalue weighted by Gasteiger charge is 2.20. The van der Waals surface area contributed by atoms with Crippen molar-refractivity contribution in [3.8, 4) is 5.95 Å². The number of carbonyl (C=O) groups excluding carboxylic acids is 1. The van der Waals surface area contributed by atoms with Gasteiger partial charge in [0.15, 0.2) is 0 Å². The zero-order valence-electron chi connectivity index (χ0n) is 17.5. The zero-order chi connectivity index (χ0) is 21.1. The number of benzene rings is 1. The lowest BCUT2D eigenvalue weighted by molar-refractivity contribution is -0.130. The van der Waals surface area contributed by atoms with E-state index >= 15 is 0 Å². The predicted octanol–water partition coefficient (Wildman–Crippen LogP) is 3.63. The van der Waals surface area contributed by atoms with E-state index in [1.165, 1.54) is 12.1 Å². The number of aryl methyl sites for hydroxylation is 3. The minimum Gasteiger partial charge on any atom is -0.338 e. The summed E-state index contributed by atoms with van der Waals surface area (Å²) in [6.07, 6.45) is 0.228. The Balaban J connectivity index is 1.83. The van der Waals surface area contributed by atoms with Gasteiger partial charge in [0.05, 0.1) is 12.1 Å². The molecule has 0 spiro atoms. The number of rotatable bonds is 6. The molecular formula is C22H26FN5O. The summed E-state index contributed by atoms with van der Waals surface area (Å²) in [5.74, 6) is 0.185. The van der Waals surface area contributed by atoms with Gasteiger partial charge in [0.1, 0.15) is 5.82 Å². The first-order valence-electron chi connectivity index (χ1n) is 9.68. The van der Waals surface area contributed by atoms with Gasteiger partial charge in [0.2, 0.25) is 5.91 Å². The van der Waals surface area contributed by atoms with Gasteiger partial charge in [-0.25, -0.2) is 19.0 Å². The van der Waals surface area contributed by atoms with Crippen molar-refractivity contribution < 1.29 is 9.18 Å². The number of hydrogen-bond donors (Lipinski definition) is 0. The lowest BCUT2D eigenvalue weighted by atomic mass is 10.1. The van der Waals surface area contributed by atoms with E-state index in [2.05, 4.69) is 15.1 Å². The van der Waals surface area contributed by atoms with E-state index < -0.39 is 0 Å². The first kappa shape index (κ1) is 20.6. The molecule has 6 nitrogen and oxygen atoms in total. The van der Waals surface area contributed by atoms with E-state index in [1.807, 2.05) is 46.8 Å². The molecule has 29 heavy (non-hydrogen) atoms. The molecule has 1 amide bonds. The van der Waals surface area contributed by atoms with Crippen LogP contribution in [0.1, 0.15) is 40.8 Å². The Kier molecular flexibility index (Phi) is 6.06. The number of aromatic nitrogens is 4. The minimum atomic E-state index is -0.299. The molecule has 0 aliphatic heterocycles. The Labute approximate surface area is 170 Å². The van der Waals surface area contributed by atoms with Crippen LogP contribution in [0.4, 0.5) is 4.39 Å². The summed E-state index contributed by atoms with van der Waals surface area (Å²) < 4.78 is 15.2. The van der Waals surface area contributed by atoms with E-state index in [1.54, 1.807) is 15.6 Å². The maximum atomic E-state index is 13.5. The highest BCUT2D eigenvalue weighted by molar-refractivity contribution is 5.79. The molecule has 0 radical (unpaired) electrons. The number of likely N-dealkylation sites (N-methyl/N-ethyl adjacent to an activating group) is 1. The second-order valence-electron chi connectivity index (χ2n) is 7.23. The molecule has 3 aromatic rings. The average Bonchev–Trinajstić information content (AvgIpc) is 2.93. The van der Waals surface area contributed by atoms with E-state index in [9.17, 15) is 9.18 Å². The van der Waals surface area contributed by atoms with Crippen LogP contribution in [0.25, 0.3) is 5.95 Å². The van der Waals surface area contributed by atoms with Crippen molar-refractivity contribution >= 4 is 5.91 Å². The normalized spacial score (nSPS) is 11.0. The largest absolute Gasteiger partial charge is 0.338 e. The molecule has 2 heterocycles. The molecule has 7 heteroatoms. The van der Waals surface area contributed by atoms with Crippen LogP contribution >= 0.6 is 0 Å². The SMILES string of the molecule is CCN(Cc1cccc(F)c1)C(=O)Cc1c(C)nn(-c2nc(C)cc(C)n2)c1C. The van der Waals surface area contributed by atoms with Crippen molar-refractivity contribution in [1.82, 2.24) is 24.6 Å². The second-order valence-corrected chi connectivity index (χ2v) is 7.23. The van der Waals surface area contributed by atoms with Crippen molar-refractivity contribution in [1.29, 1.82) is 0 Å². The molecule has 3 rings (SSSR count). The summed E-state index contributed by atoms with van der Waals surface area (Å²) in [5.41, 5.74) is 5.00. The van der Waals surface area contributed by atoms with Gasteiger partial charge in [-0.2, -0.15) is 5.10 Å². The van der Waals surface area contributed by atoms with Crippen molar-refractivity contribution in [2.45, 2.75) is 47.6 Å². The molecule has 0 aliphatic carbocycles. The third-order valence-corrected chi connectivity index (χ3v) is 4.93. The Bertz CT molecular complexity index is 1020. The van der Waals surface area contributed by atoms with Gasteiger partial charge in [-0.15, -0.1) is 0 Å². The number of hydrogen-bond acceptors (Lipinski definition) is 4. The third kappa shape index (κ3) is 4.67. The van der Waals surface area contributed by atoms with Crippen LogP contribution in [0, 0.1) is 33.5 Å². The fourth-order valence-corrected chi connectivity index (χ4v) is 3.42. The van der Waals surface area contributed by atoms with Gasteiger partial charge in [-0.05, 0) is 58.4 Å². The highest BCUT2D eigenvalue weighted by atomic mass is 19.1. The Morgan fingerprint density at radius 2 is 1.79 bits per heavy atom. The summed E-state index contributed by atoms with van der Waals surface area (Å²) in [4.78, 5) is 23.6. The van der Waals surface area contributed by atoms with Gasteiger partial charge < -0.3 is 4.90 Å². The van der Waals surface area contributed by atoms with Crippen LogP contribution in [0.2, 0.25) is 0 Å². The fraction of sp³-hybridized carbons (Fsp3) is 0.364. The zero-order valence-corrected chi connectivity index (χ0v) is 17.5. The van der Waals surface area contributed by atoms with Gasteiger partial charge in [0, 0.05) is 35.7 Å². The molecule has 152 valence electrons. The van der Waals surface area contributed by atoms with Crippen LogP contribution in [-0.2, 0) is 17.8 Å². The lowest BCUT2D eigenvalue weighted by Crippen LogP contribution is -2.31. The average molecular weight is 395 g/mol. The molecule has 2 aromatic heterocycles. The maximum absolute atomic E-state index is 13.5. The molecule has 0 aliphatic rings. The monoisotopic (exact) mass is 395 g/mol. The van der Waals surface area contributed by atoms with Crippen LogP contribution in [0.3, 0.4) is 0 Å². The van der Waals surface area contributed by atoms with Gasteiger partial charge in [0.25, 0.3) is 5.95 Å². The molecule has 0 saturated heterocycles. The minimum absolute atomic E-state index is 0.0242. The van der Waals surface area contributed by atoms with Crippen LogP contribution < -0.4 is 0 Å². The fourth-order valence-electron chi connectivity index (χ4n) is 3.42. The summed E-state index contributed by atoms with van der Waals surface area (Å²) in [6, 6.07) is 8.25. The smallest absolute Gasteiger partial charge is 0.251 e. The Morgan fingerprint density at radius 3 is 2.41 bits per heavy atom. The molecule has 0 atom stereocenters. The van der Waals surface area contributed by atoms with E-state index in [-0.39, 0.29) is 18.1 Å². The van der Waals surface area contributed by atoms with Crippen molar-refractivity contribution in [2.75, 3.05) is 6.54 Å². The molecule has 0 N–H and O–H groups in total. The summed E-state index contributed by atoms with van der Waals surface area (Å²) in [5, 5.41) is 4.57. The van der Waals surface area contributed by atoms with Crippen LogP contribution in [0.15, 0.2) is 30.3 Å². The number of amides is 1. The van der Waals surface area contributed by atoms with Gasteiger partial charge in [-0.3, -0.25) is 4.79 Å². The molecule has 1 aromatic carbocycles. The molecule has 0 unspecified atom stereocenters. The van der Waals surface area contributed by atoms with Crippen LogP contribution in [-0.4, -0.2) is 37.1 Å². The second kappa shape index (κ2) is 8.51. The van der Waals surface area contributed by atoms with Crippen molar-refractivity contribution in [2.24, 2.45) is 0 Å². The Hall–Kier alpha value is -3.09. The van der Waals surface area contributed by atoms with E-state index in [0.29, 0.717) is 19.0 Å². The van der Waals surface area contributed by atoms with Crippen LogP contribution in [0.5, 0.6) is 0 Å². The van der Waals surface area contributed by atoms with Crippen molar-refractivity contribution in [3.05, 3.63) is 70.1 Å². The number of carbonyl (C=O) groups is 1. The first-order chi connectivity index (χ1) is 13.8. The highest BCUT2D eigenvalue weighted by Crippen LogP contribution is 2.19. The first-order valence-corrected chi connectivity index (χ1v) is 9.68. The van der Waals surface area contributed by atoms with Gasteiger partial charge >= 0.3 is 0 Å². The third-order valence-electron chi connectivity index (χ3n) is 4.93. The quantitative estimate of drug-likeness (QED) is 0.639. The standard InChI is InChI=1S/C22H26FN5O/c1-6-27(13-18-8-7-9-19(23)11-18)21(29)12-20-16(4)26-28(17(20)5)22-24-14(2)10-15(3)25-22/h7-11H,6,12-13H2,1-5H3. The Morgan fingerprint density at radius 1 is 1.10 bits per heavy atom. The van der Waals surface area contributed by atoms with Gasteiger partial charge in [-0.1, -0.05) is 12.1 Å². The molecule has 0 bridgehead atoms. The van der Waals surface area contributed by atoms with E-state index in [4.69, 9.17) is 0 Å². The molecular weight excluding hydrogens is 369 g/mol. The number of nitrogens with zero attached hydrogens (tertiary/aromatic N) is 5. The molecule has 0 fully saturated rings. The van der Waals surface area contributed by atoms with E-state index in [0.717, 1.165) is 33.9 Å². The maximum Gasteiger partial charge on any atom is 0.251 e. The van der Waals surface area contributed by atoms with Crippen molar-refractivity contribution in [3.63, 3.8) is 0 Å². The lowest BCUT2D eigenvalue weighted by Gasteiger charge is -2.21. The predicted molar refractivity (Wildman–Crippen MR) is 109 cm³/mol. The summed E-state index contributed by atoms with van der Waals surface area (Å²) in [7, 11) is 0. The topological polar surface area (TPSA) is 63.9 Å². The summed E-state index contributed by atoms with van der Waals surface area (Å²) >= 11 is 0. The number of halogens is 1.